The largest absolute Gasteiger partial charge is 0.271 e. The molecule has 0 radical (unpaired) electrons. The zero-order valence-electron chi connectivity index (χ0n) is 9.83. The fraction of sp³-hybridized carbons (Fsp3) is 0.333. The summed E-state index contributed by atoms with van der Waals surface area (Å²) in [6.45, 7) is 6.28. The predicted octanol–water partition coefficient (Wildman–Crippen LogP) is 3.11. The monoisotopic (exact) mass is 231 g/mol. The van der Waals surface area contributed by atoms with Crippen molar-refractivity contribution in [1.82, 2.24) is 14.8 Å². The number of hydrogen-bond acceptors (Lipinski definition) is 3. The van der Waals surface area contributed by atoms with E-state index in [1.165, 1.54) is 21.3 Å². The lowest BCUT2D eigenvalue weighted by Gasteiger charge is -1.98. The Labute approximate surface area is 97.7 Å². The van der Waals surface area contributed by atoms with Crippen molar-refractivity contribution in [2.45, 2.75) is 20.8 Å². The van der Waals surface area contributed by atoms with Crippen molar-refractivity contribution < 1.29 is 0 Å². The van der Waals surface area contributed by atoms with Gasteiger partial charge in [0.15, 0.2) is 0 Å². The molecule has 3 heterocycles. The smallest absolute Gasteiger partial charge is 0.126 e. The molecule has 82 valence electrons. The van der Waals surface area contributed by atoms with Crippen molar-refractivity contribution in [3.05, 3.63) is 23.0 Å². The van der Waals surface area contributed by atoms with Gasteiger partial charge in [0, 0.05) is 18.1 Å². The van der Waals surface area contributed by atoms with Crippen molar-refractivity contribution in [3.63, 3.8) is 0 Å². The molecule has 0 unspecified atom stereocenters. The van der Waals surface area contributed by atoms with Crippen LogP contribution in [-0.2, 0) is 7.05 Å². The quantitative estimate of drug-likeness (QED) is 0.595. The van der Waals surface area contributed by atoms with Gasteiger partial charge < -0.3 is 0 Å². The lowest BCUT2D eigenvalue weighted by Crippen LogP contribution is -1.92. The van der Waals surface area contributed by atoms with Crippen LogP contribution in [0.3, 0.4) is 0 Å². The highest BCUT2D eigenvalue weighted by atomic mass is 32.1. The van der Waals surface area contributed by atoms with Gasteiger partial charge in [-0.05, 0) is 32.4 Å². The molecule has 0 N–H and O–H groups in total. The average Bonchev–Trinajstić information content (AvgIpc) is 2.66. The van der Waals surface area contributed by atoms with Crippen LogP contribution in [-0.4, -0.2) is 14.8 Å². The van der Waals surface area contributed by atoms with E-state index in [0.717, 1.165) is 16.0 Å². The van der Waals surface area contributed by atoms with Crippen LogP contribution in [0.15, 0.2) is 6.07 Å². The molecule has 0 aliphatic heterocycles. The van der Waals surface area contributed by atoms with E-state index in [0.29, 0.717) is 0 Å². The Morgan fingerprint density at radius 2 is 2.00 bits per heavy atom. The van der Waals surface area contributed by atoms with Crippen LogP contribution in [0.1, 0.15) is 17.0 Å². The Morgan fingerprint density at radius 1 is 1.25 bits per heavy atom. The van der Waals surface area contributed by atoms with Gasteiger partial charge in [-0.25, -0.2) is 4.98 Å². The standard InChI is InChI=1S/C12H13N3S/c1-6-5-7(2)13-12-9(6)10-11(16-12)8(3)15(4)14-10/h5H,1-4H3. The first-order chi connectivity index (χ1) is 7.58. The molecule has 0 saturated heterocycles. The molecule has 0 bridgehead atoms. The van der Waals surface area contributed by atoms with Crippen LogP contribution in [0.2, 0.25) is 0 Å². The molecule has 3 nitrogen and oxygen atoms in total. The Bertz CT molecular complexity index is 706. The number of rotatable bonds is 0. The summed E-state index contributed by atoms with van der Waals surface area (Å²) in [5, 5.41) is 5.80. The zero-order valence-corrected chi connectivity index (χ0v) is 10.6. The van der Waals surface area contributed by atoms with E-state index in [4.69, 9.17) is 0 Å². The maximum Gasteiger partial charge on any atom is 0.126 e. The van der Waals surface area contributed by atoms with Crippen LogP contribution in [0.5, 0.6) is 0 Å². The number of hydrogen-bond donors (Lipinski definition) is 0. The summed E-state index contributed by atoms with van der Waals surface area (Å²) in [4.78, 5) is 5.70. The second-order valence-electron chi connectivity index (χ2n) is 4.25. The van der Waals surface area contributed by atoms with Crippen molar-refractivity contribution in [1.29, 1.82) is 0 Å². The van der Waals surface area contributed by atoms with Gasteiger partial charge in [0.25, 0.3) is 0 Å². The van der Waals surface area contributed by atoms with Crippen LogP contribution < -0.4 is 0 Å². The van der Waals surface area contributed by atoms with Gasteiger partial charge in [-0.3, -0.25) is 4.68 Å². The first-order valence-electron chi connectivity index (χ1n) is 5.28. The Hall–Kier alpha value is -1.42. The van der Waals surface area contributed by atoms with Gasteiger partial charge >= 0.3 is 0 Å². The third kappa shape index (κ3) is 1.13. The molecular weight excluding hydrogens is 218 g/mol. The maximum absolute atomic E-state index is 4.59. The summed E-state index contributed by atoms with van der Waals surface area (Å²) < 4.78 is 3.21. The lowest BCUT2D eigenvalue weighted by molar-refractivity contribution is 0.752. The van der Waals surface area contributed by atoms with Gasteiger partial charge in [-0.15, -0.1) is 11.3 Å². The van der Waals surface area contributed by atoms with Crippen LogP contribution in [0.4, 0.5) is 0 Å². The molecule has 0 atom stereocenters. The summed E-state index contributed by atoms with van der Waals surface area (Å²) >= 11 is 1.74. The Balaban J connectivity index is 2.58. The first-order valence-corrected chi connectivity index (χ1v) is 6.09. The molecule has 0 amide bonds. The molecule has 16 heavy (non-hydrogen) atoms. The molecule has 0 spiro atoms. The minimum absolute atomic E-state index is 1.08. The molecular formula is C12H13N3S. The van der Waals surface area contributed by atoms with Crippen molar-refractivity contribution in [2.75, 3.05) is 0 Å². The molecule has 0 fully saturated rings. The predicted molar refractivity (Wildman–Crippen MR) is 68.1 cm³/mol. The van der Waals surface area contributed by atoms with Crippen molar-refractivity contribution in [3.8, 4) is 0 Å². The van der Waals surface area contributed by atoms with E-state index < -0.39 is 0 Å². The second kappa shape index (κ2) is 3.04. The number of aryl methyl sites for hydroxylation is 4. The molecule has 3 aromatic rings. The summed E-state index contributed by atoms with van der Waals surface area (Å²) in [6, 6.07) is 2.12. The second-order valence-corrected chi connectivity index (χ2v) is 5.25. The number of pyridine rings is 1. The molecule has 0 saturated carbocycles. The number of aromatic nitrogens is 3. The molecule has 0 aliphatic rings. The number of thiophene rings is 1. The lowest BCUT2D eigenvalue weighted by atomic mass is 10.1. The van der Waals surface area contributed by atoms with Gasteiger partial charge in [0.05, 0.1) is 10.4 Å². The van der Waals surface area contributed by atoms with Gasteiger partial charge in [-0.1, -0.05) is 0 Å². The number of nitrogens with zero attached hydrogens (tertiary/aromatic N) is 3. The summed E-state index contributed by atoms with van der Waals surface area (Å²) in [5.74, 6) is 0. The van der Waals surface area contributed by atoms with Crippen LogP contribution >= 0.6 is 11.3 Å². The van der Waals surface area contributed by atoms with E-state index in [2.05, 4.69) is 30.0 Å². The van der Waals surface area contributed by atoms with Gasteiger partial charge in [0.1, 0.15) is 10.3 Å². The fourth-order valence-corrected chi connectivity index (χ4v) is 3.40. The molecule has 4 heteroatoms. The zero-order chi connectivity index (χ0) is 11.4. The minimum atomic E-state index is 1.08. The third-order valence-electron chi connectivity index (χ3n) is 3.03. The van der Waals surface area contributed by atoms with Gasteiger partial charge in [0.2, 0.25) is 0 Å². The third-order valence-corrected chi connectivity index (χ3v) is 4.21. The fourth-order valence-electron chi connectivity index (χ4n) is 2.14. The van der Waals surface area contributed by atoms with Crippen molar-refractivity contribution in [2.24, 2.45) is 7.05 Å². The number of fused-ring (bicyclic) bond motifs is 3. The Kier molecular flexibility index (Phi) is 1.86. The highest BCUT2D eigenvalue weighted by Crippen LogP contribution is 2.35. The normalized spacial score (nSPS) is 11.8. The average molecular weight is 231 g/mol. The molecule has 3 aromatic heterocycles. The first kappa shape index (κ1) is 9.78. The van der Waals surface area contributed by atoms with E-state index >= 15 is 0 Å². The molecule has 0 aliphatic carbocycles. The van der Waals surface area contributed by atoms with E-state index in [9.17, 15) is 0 Å². The van der Waals surface area contributed by atoms with E-state index in [1.54, 1.807) is 11.3 Å². The van der Waals surface area contributed by atoms with Crippen LogP contribution in [0.25, 0.3) is 20.4 Å². The molecule has 0 aromatic carbocycles. The van der Waals surface area contributed by atoms with E-state index in [-0.39, 0.29) is 0 Å². The molecule has 3 rings (SSSR count). The summed E-state index contributed by atoms with van der Waals surface area (Å²) in [7, 11) is 1.99. The van der Waals surface area contributed by atoms with E-state index in [1.807, 2.05) is 18.7 Å². The SMILES string of the molecule is Cc1cc(C)c2c(n1)sc1c(C)n(C)nc12. The summed E-state index contributed by atoms with van der Waals surface area (Å²) in [6.07, 6.45) is 0. The maximum atomic E-state index is 4.59. The highest BCUT2D eigenvalue weighted by Gasteiger charge is 2.15. The van der Waals surface area contributed by atoms with Crippen LogP contribution in [0, 0.1) is 20.8 Å². The van der Waals surface area contributed by atoms with Crippen molar-refractivity contribution >= 4 is 31.8 Å². The highest BCUT2D eigenvalue weighted by molar-refractivity contribution is 7.25. The van der Waals surface area contributed by atoms with Gasteiger partial charge in [-0.2, -0.15) is 5.10 Å². The Morgan fingerprint density at radius 3 is 2.75 bits per heavy atom. The minimum Gasteiger partial charge on any atom is -0.271 e. The topological polar surface area (TPSA) is 30.7 Å². The summed E-state index contributed by atoms with van der Waals surface area (Å²) in [5.41, 5.74) is 4.67.